The molecule has 0 saturated carbocycles. The topological polar surface area (TPSA) is 86.9 Å². The molecule has 0 bridgehead atoms. The minimum absolute atomic E-state index is 0.0893. The minimum atomic E-state index is -0.278. The van der Waals surface area contributed by atoms with E-state index in [1.807, 2.05) is 19.1 Å². The summed E-state index contributed by atoms with van der Waals surface area (Å²) in [5.74, 6) is 0.451. The van der Waals surface area contributed by atoms with Crippen molar-refractivity contribution in [2.24, 2.45) is 0 Å². The van der Waals surface area contributed by atoms with Gasteiger partial charge >= 0.3 is 0 Å². The fourth-order valence-corrected chi connectivity index (χ4v) is 2.68. The van der Waals surface area contributed by atoms with Crippen molar-refractivity contribution in [1.29, 1.82) is 0 Å². The van der Waals surface area contributed by atoms with E-state index in [1.165, 1.54) is 11.6 Å². The van der Waals surface area contributed by atoms with Crippen molar-refractivity contribution in [3.05, 3.63) is 57.3 Å². The molecule has 6 heteroatoms. The number of rotatable bonds is 3. The third-order valence-electron chi connectivity index (χ3n) is 3.69. The summed E-state index contributed by atoms with van der Waals surface area (Å²) in [5, 5.41) is 6.05. The van der Waals surface area contributed by atoms with Crippen LogP contribution in [0.5, 0.6) is 0 Å². The lowest BCUT2D eigenvalue weighted by Crippen LogP contribution is -2.38. The van der Waals surface area contributed by atoms with Gasteiger partial charge in [0.2, 0.25) is 5.91 Å². The van der Waals surface area contributed by atoms with Crippen molar-refractivity contribution in [3.63, 3.8) is 0 Å². The van der Waals surface area contributed by atoms with Gasteiger partial charge in [0.1, 0.15) is 11.9 Å². The third kappa shape index (κ3) is 3.00. The summed E-state index contributed by atoms with van der Waals surface area (Å²) in [6.45, 7) is 4.00. The molecule has 6 nitrogen and oxygen atoms in total. The number of aromatic nitrogens is 2. The summed E-state index contributed by atoms with van der Waals surface area (Å²) in [7, 11) is 0. The first-order valence-corrected chi connectivity index (χ1v) is 7.22. The van der Waals surface area contributed by atoms with Gasteiger partial charge in [-0.1, -0.05) is 17.7 Å². The first-order valence-electron chi connectivity index (χ1n) is 7.22. The van der Waals surface area contributed by atoms with Crippen LogP contribution in [0.15, 0.2) is 29.1 Å². The van der Waals surface area contributed by atoms with Gasteiger partial charge in [-0.2, -0.15) is 0 Å². The van der Waals surface area contributed by atoms with E-state index in [9.17, 15) is 9.59 Å². The molecule has 3 N–H and O–H groups in total. The number of anilines is 1. The Morgan fingerprint density at radius 3 is 2.95 bits per heavy atom. The maximum absolute atomic E-state index is 12.3. The normalized spacial score (nSPS) is 16.0. The molecule has 1 amide bonds. The maximum Gasteiger partial charge on any atom is 0.251 e. The summed E-state index contributed by atoms with van der Waals surface area (Å²) in [6, 6.07) is 7.24. The van der Waals surface area contributed by atoms with Crippen LogP contribution in [0.3, 0.4) is 0 Å². The lowest BCUT2D eigenvalue weighted by atomic mass is 10.1. The Balaban J connectivity index is 1.63. The molecule has 1 atom stereocenters. The highest BCUT2D eigenvalue weighted by molar-refractivity contribution is 5.87. The number of aromatic amines is 1. The monoisotopic (exact) mass is 298 g/mol. The second kappa shape index (κ2) is 5.63. The average molecular weight is 298 g/mol. The van der Waals surface area contributed by atoms with Crippen LogP contribution in [0.4, 0.5) is 5.69 Å². The van der Waals surface area contributed by atoms with Crippen LogP contribution in [0.2, 0.25) is 0 Å². The Morgan fingerprint density at radius 2 is 2.18 bits per heavy atom. The first-order chi connectivity index (χ1) is 10.5. The van der Waals surface area contributed by atoms with Crippen molar-refractivity contribution in [1.82, 2.24) is 15.3 Å². The second-order valence-corrected chi connectivity index (χ2v) is 5.60. The van der Waals surface area contributed by atoms with Gasteiger partial charge in [0.15, 0.2) is 0 Å². The molecule has 1 unspecified atom stereocenters. The molecule has 1 aliphatic heterocycles. The summed E-state index contributed by atoms with van der Waals surface area (Å²) in [6.07, 6.45) is 0.671. The number of hydrogen-bond acceptors (Lipinski definition) is 4. The van der Waals surface area contributed by atoms with Crippen LogP contribution in [-0.2, 0) is 17.8 Å². The number of carbonyl (C=O) groups excluding carboxylic acids is 1. The number of H-pyrrole nitrogens is 1. The maximum atomic E-state index is 12.3. The average Bonchev–Trinajstić information content (AvgIpc) is 2.86. The lowest BCUT2D eigenvalue weighted by Gasteiger charge is -2.11. The molecule has 0 fully saturated rings. The SMILES string of the molecule is Cc1ccc2c(c1)CC(C(=O)NCc1cc(=O)[nH]c(C)n1)N2. The smallest absolute Gasteiger partial charge is 0.251 e. The number of fused-ring (bicyclic) bond motifs is 1. The fourth-order valence-electron chi connectivity index (χ4n) is 2.68. The third-order valence-corrected chi connectivity index (χ3v) is 3.69. The molecule has 2 aromatic rings. The van der Waals surface area contributed by atoms with E-state index in [0.717, 1.165) is 11.3 Å². The lowest BCUT2D eigenvalue weighted by molar-refractivity contribution is -0.121. The molecule has 3 rings (SSSR count). The van der Waals surface area contributed by atoms with Gasteiger partial charge in [-0.15, -0.1) is 0 Å². The number of nitrogens with one attached hydrogen (secondary N) is 3. The van der Waals surface area contributed by atoms with E-state index >= 15 is 0 Å². The van der Waals surface area contributed by atoms with Crippen LogP contribution in [0.1, 0.15) is 22.6 Å². The predicted octanol–water partition coefficient (Wildman–Crippen LogP) is 1.04. The molecular formula is C16H18N4O2. The summed E-state index contributed by atoms with van der Waals surface area (Å²) < 4.78 is 0. The highest BCUT2D eigenvalue weighted by Gasteiger charge is 2.26. The van der Waals surface area contributed by atoms with Gasteiger partial charge in [0, 0.05) is 18.2 Å². The molecule has 114 valence electrons. The zero-order valence-corrected chi connectivity index (χ0v) is 12.6. The van der Waals surface area contributed by atoms with E-state index in [1.54, 1.807) is 6.92 Å². The van der Waals surface area contributed by atoms with Crippen LogP contribution < -0.4 is 16.2 Å². The Labute approximate surface area is 128 Å². The fraction of sp³-hybridized carbons (Fsp3) is 0.312. The minimum Gasteiger partial charge on any atom is -0.373 e. The molecule has 0 radical (unpaired) electrons. The van der Waals surface area contributed by atoms with E-state index in [4.69, 9.17) is 0 Å². The van der Waals surface area contributed by atoms with Gasteiger partial charge in [0.25, 0.3) is 5.56 Å². The molecule has 22 heavy (non-hydrogen) atoms. The van der Waals surface area contributed by atoms with Gasteiger partial charge in [-0.3, -0.25) is 9.59 Å². The predicted molar refractivity (Wildman–Crippen MR) is 83.7 cm³/mol. The van der Waals surface area contributed by atoms with Crippen molar-refractivity contribution < 1.29 is 4.79 Å². The van der Waals surface area contributed by atoms with Gasteiger partial charge in [-0.05, 0) is 25.5 Å². The van der Waals surface area contributed by atoms with Gasteiger partial charge < -0.3 is 15.6 Å². The molecule has 0 spiro atoms. The Kier molecular flexibility index (Phi) is 3.66. The summed E-state index contributed by atoms with van der Waals surface area (Å²) >= 11 is 0. The molecule has 0 saturated heterocycles. The highest BCUT2D eigenvalue weighted by atomic mass is 16.2. The van der Waals surface area contributed by atoms with Crippen molar-refractivity contribution in [2.45, 2.75) is 32.9 Å². The van der Waals surface area contributed by atoms with Crippen LogP contribution in [0.25, 0.3) is 0 Å². The Hall–Kier alpha value is -2.63. The number of amides is 1. The number of carbonyl (C=O) groups is 1. The Bertz CT molecular complexity index is 782. The van der Waals surface area contributed by atoms with Crippen molar-refractivity contribution in [2.75, 3.05) is 5.32 Å². The van der Waals surface area contributed by atoms with E-state index in [2.05, 4.69) is 26.7 Å². The quantitative estimate of drug-likeness (QED) is 0.790. The van der Waals surface area contributed by atoms with Crippen LogP contribution in [-0.4, -0.2) is 21.9 Å². The van der Waals surface area contributed by atoms with E-state index < -0.39 is 0 Å². The van der Waals surface area contributed by atoms with Crippen LogP contribution >= 0.6 is 0 Å². The first kappa shape index (κ1) is 14.3. The standard InChI is InChI=1S/C16H18N4O2/c1-9-3-4-13-11(5-9)6-14(20-13)16(22)17-8-12-7-15(21)19-10(2)18-12/h3-5,7,14,20H,6,8H2,1-2H3,(H,17,22)(H,18,19,21). The molecule has 1 aromatic carbocycles. The van der Waals surface area contributed by atoms with Gasteiger partial charge in [-0.25, -0.2) is 4.98 Å². The summed E-state index contributed by atoms with van der Waals surface area (Å²) in [4.78, 5) is 30.4. The number of benzene rings is 1. The molecule has 1 aliphatic rings. The number of nitrogens with zero attached hydrogens (tertiary/aromatic N) is 1. The van der Waals surface area contributed by atoms with E-state index in [-0.39, 0.29) is 24.1 Å². The molecule has 0 aliphatic carbocycles. The molecule has 2 heterocycles. The van der Waals surface area contributed by atoms with E-state index in [0.29, 0.717) is 17.9 Å². The van der Waals surface area contributed by atoms with Gasteiger partial charge in [0.05, 0.1) is 12.2 Å². The number of hydrogen-bond donors (Lipinski definition) is 3. The van der Waals surface area contributed by atoms with Crippen LogP contribution in [0, 0.1) is 13.8 Å². The molecular weight excluding hydrogens is 280 g/mol. The molecule has 1 aromatic heterocycles. The largest absolute Gasteiger partial charge is 0.373 e. The second-order valence-electron chi connectivity index (χ2n) is 5.60. The van der Waals surface area contributed by atoms with Crippen molar-refractivity contribution >= 4 is 11.6 Å². The highest BCUT2D eigenvalue weighted by Crippen LogP contribution is 2.26. The van der Waals surface area contributed by atoms with Crippen molar-refractivity contribution in [3.8, 4) is 0 Å². The Morgan fingerprint density at radius 1 is 1.36 bits per heavy atom. The number of aryl methyl sites for hydroxylation is 2. The zero-order valence-electron chi connectivity index (χ0n) is 12.6. The summed E-state index contributed by atoms with van der Waals surface area (Å²) in [5.41, 5.74) is 3.70. The zero-order chi connectivity index (χ0) is 15.7.